The summed E-state index contributed by atoms with van der Waals surface area (Å²) in [5.41, 5.74) is 1.82. The first kappa shape index (κ1) is 17.3. The second-order valence-electron chi connectivity index (χ2n) is 6.70. The molecule has 0 heterocycles. The number of fused-ring (bicyclic) bond motifs is 2. The summed E-state index contributed by atoms with van der Waals surface area (Å²) in [5, 5.41) is 17.8. The van der Waals surface area contributed by atoms with Gasteiger partial charge in [-0.1, -0.05) is 84.9 Å². The summed E-state index contributed by atoms with van der Waals surface area (Å²) < 4.78 is 0. The third-order valence-corrected chi connectivity index (χ3v) is 4.91. The van der Waals surface area contributed by atoms with E-state index in [1.54, 1.807) is 0 Å². The van der Waals surface area contributed by atoms with Crippen LogP contribution in [0.1, 0.15) is 17.2 Å². The van der Waals surface area contributed by atoms with Crippen LogP contribution in [0.4, 0.5) is 0 Å². The number of hydrogen-bond acceptors (Lipinski definition) is 2. The molecule has 0 radical (unpaired) electrons. The lowest BCUT2D eigenvalue weighted by Crippen LogP contribution is -2.29. The summed E-state index contributed by atoms with van der Waals surface area (Å²) in [6.45, 7) is 0.192. The number of carbonyl (C=O) groups is 1. The fraction of sp³-hybridized carbons (Fsp3) is 0.125. The summed E-state index contributed by atoms with van der Waals surface area (Å²) in [7, 11) is 0. The number of rotatable bonds is 5. The van der Waals surface area contributed by atoms with Gasteiger partial charge in [-0.2, -0.15) is 0 Å². The Morgan fingerprint density at radius 1 is 0.778 bits per heavy atom. The van der Waals surface area contributed by atoms with Gasteiger partial charge in [-0.15, -0.1) is 0 Å². The molecule has 3 nitrogen and oxygen atoms in total. The summed E-state index contributed by atoms with van der Waals surface area (Å²) in [4.78, 5) is 12.4. The molecule has 0 aliphatic heterocycles. The molecule has 0 aromatic heterocycles. The molecule has 27 heavy (non-hydrogen) atoms. The molecule has 1 atom stereocenters. The Bertz CT molecular complexity index is 1090. The van der Waals surface area contributed by atoms with Crippen LogP contribution in [-0.4, -0.2) is 17.6 Å². The zero-order valence-corrected chi connectivity index (χ0v) is 14.9. The highest BCUT2D eigenvalue weighted by Crippen LogP contribution is 2.24. The van der Waals surface area contributed by atoms with Gasteiger partial charge in [0.05, 0.1) is 12.5 Å². The van der Waals surface area contributed by atoms with E-state index in [4.69, 9.17) is 0 Å². The minimum Gasteiger partial charge on any atom is -0.387 e. The summed E-state index contributed by atoms with van der Waals surface area (Å²) in [5.74, 6) is -0.0920. The Balaban J connectivity index is 1.46. The molecular weight excluding hydrogens is 334 g/mol. The van der Waals surface area contributed by atoms with Gasteiger partial charge in [0.1, 0.15) is 0 Å². The Labute approximate surface area is 158 Å². The summed E-state index contributed by atoms with van der Waals surface area (Å²) in [6, 6.07) is 27.8. The predicted molar refractivity (Wildman–Crippen MR) is 110 cm³/mol. The topological polar surface area (TPSA) is 49.3 Å². The quantitative estimate of drug-likeness (QED) is 0.558. The van der Waals surface area contributed by atoms with Crippen LogP contribution >= 0.6 is 0 Å². The molecular formula is C24H21NO2. The van der Waals surface area contributed by atoms with E-state index in [2.05, 4.69) is 5.32 Å². The summed E-state index contributed by atoms with van der Waals surface area (Å²) >= 11 is 0. The minimum atomic E-state index is -0.743. The Kier molecular flexibility index (Phi) is 4.86. The van der Waals surface area contributed by atoms with E-state index >= 15 is 0 Å². The second-order valence-corrected chi connectivity index (χ2v) is 6.70. The van der Waals surface area contributed by atoms with Crippen molar-refractivity contribution in [2.45, 2.75) is 12.5 Å². The van der Waals surface area contributed by atoms with E-state index in [9.17, 15) is 9.90 Å². The number of aliphatic hydroxyl groups is 1. The van der Waals surface area contributed by atoms with E-state index in [1.807, 2.05) is 84.9 Å². The van der Waals surface area contributed by atoms with E-state index in [1.165, 1.54) is 0 Å². The van der Waals surface area contributed by atoms with E-state index in [-0.39, 0.29) is 12.5 Å². The van der Waals surface area contributed by atoms with Gasteiger partial charge in [0.2, 0.25) is 5.91 Å². The van der Waals surface area contributed by atoms with Crippen LogP contribution < -0.4 is 5.32 Å². The van der Waals surface area contributed by atoms with Gasteiger partial charge in [0.15, 0.2) is 0 Å². The van der Waals surface area contributed by atoms with E-state index in [0.29, 0.717) is 6.42 Å². The van der Waals surface area contributed by atoms with Crippen LogP contribution in [0.5, 0.6) is 0 Å². The number of hydrogen-bond donors (Lipinski definition) is 2. The highest BCUT2D eigenvalue weighted by molar-refractivity contribution is 5.90. The first-order chi connectivity index (χ1) is 13.2. The molecule has 4 aromatic rings. The highest BCUT2D eigenvalue weighted by atomic mass is 16.3. The van der Waals surface area contributed by atoms with Gasteiger partial charge in [-0.05, 0) is 32.7 Å². The van der Waals surface area contributed by atoms with Crippen molar-refractivity contribution in [2.24, 2.45) is 0 Å². The molecule has 0 aliphatic carbocycles. The SMILES string of the molecule is O=C(Cc1cccc2ccccc12)NCC(O)c1cccc2ccccc12. The Hall–Kier alpha value is -3.17. The van der Waals surface area contributed by atoms with E-state index < -0.39 is 6.10 Å². The number of carbonyl (C=O) groups excluding carboxylic acids is 1. The minimum absolute atomic E-state index is 0.0920. The third kappa shape index (κ3) is 3.69. The molecule has 3 heteroatoms. The second kappa shape index (κ2) is 7.60. The Morgan fingerprint density at radius 3 is 2.15 bits per heavy atom. The zero-order chi connectivity index (χ0) is 18.6. The zero-order valence-electron chi connectivity index (χ0n) is 14.9. The Morgan fingerprint density at radius 2 is 1.37 bits per heavy atom. The van der Waals surface area contributed by atoms with Crippen LogP contribution in [-0.2, 0) is 11.2 Å². The maximum absolute atomic E-state index is 12.4. The molecule has 0 aliphatic rings. The molecule has 0 fully saturated rings. The van der Waals surface area contributed by atoms with Crippen molar-refractivity contribution in [3.05, 3.63) is 96.1 Å². The van der Waals surface area contributed by atoms with Crippen LogP contribution in [0.2, 0.25) is 0 Å². The molecule has 0 bridgehead atoms. The van der Waals surface area contributed by atoms with Crippen LogP contribution in [0, 0.1) is 0 Å². The van der Waals surface area contributed by atoms with Gasteiger partial charge < -0.3 is 10.4 Å². The van der Waals surface area contributed by atoms with Gasteiger partial charge in [0.25, 0.3) is 0 Å². The first-order valence-corrected chi connectivity index (χ1v) is 9.11. The molecule has 1 amide bonds. The standard InChI is InChI=1S/C24H21NO2/c26-23(22-14-6-10-18-8-2-4-13-21(18)22)16-25-24(27)15-19-11-5-9-17-7-1-3-12-20(17)19/h1-14,23,26H,15-16H2,(H,25,27). The third-order valence-electron chi connectivity index (χ3n) is 4.91. The van der Waals surface area contributed by atoms with Crippen LogP contribution in [0.25, 0.3) is 21.5 Å². The van der Waals surface area contributed by atoms with Crippen molar-refractivity contribution in [3.63, 3.8) is 0 Å². The van der Waals surface area contributed by atoms with Crippen molar-refractivity contribution in [2.75, 3.05) is 6.54 Å². The van der Waals surface area contributed by atoms with E-state index in [0.717, 1.165) is 32.7 Å². The lowest BCUT2D eigenvalue weighted by atomic mass is 10.00. The smallest absolute Gasteiger partial charge is 0.224 e. The maximum atomic E-state index is 12.4. The van der Waals surface area contributed by atoms with Crippen LogP contribution in [0.3, 0.4) is 0 Å². The molecule has 0 saturated carbocycles. The van der Waals surface area contributed by atoms with Crippen molar-refractivity contribution in [3.8, 4) is 0 Å². The van der Waals surface area contributed by atoms with Gasteiger partial charge in [0, 0.05) is 6.54 Å². The number of aliphatic hydroxyl groups excluding tert-OH is 1. The lowest BCUT2D eigenvalue weighted by Gasteiger charge is -2.15. The number of nitrogens with one attached hydrogen (secondary N) is 1. The highest BCUT2D eigenvalue weighted by Gasteiger charge is 2.13. The largest absolute Gasteiger partial charge is 0.387 e. The van der Waals surface area contributed by atoms with Crippen LogP contribution in [0.15, 0.2) is 84.9 Å². The van der Waals surface area contributed by atoms with Crippen molar-refractivity contribution < 1.29 is 9.90 Å². The molecule has 4 rings (SSSR count). The predicted octanol–water partition coefficient (Wildman–Crippen LogP) is 4.39. The molecule has 0 saturated heterocycles. The first-order valence-electron chi connectivity index (χ1n) is 9.11. The number of benzene rings is 4. The van der Waals surface area contributed by atoms with Crippen molar-refractivity contribution in [1.82, 2.24) is 5.32 Å². The normalized spacial score (nSPS) is 12.2. The van der Waals surface area contributed by atoms with Crippen molar-refractivity contribution >= 4 is 27.5 Å². The van der Waals surface area contributed by atoms with Gasteiger partial charge in [-0.25, -0.2) is 0 Å². The molecule has 4 aromatic carbocycles. The van der Waals surface area contributed by atoms with Gasteiger partial charge >= 0.3 is 0 Å². The fourth-order valence-electron chi connectivity index (χ4n) is 3.54. The summed E-state index contributed by atoms with van der Waals surface area (Å²) in [6.07, 6.45) is -0.448. The lowest BCUT2D eigenvalue weighted by molar-refractivity contribution is -0.120. The maximum Gasteiger partial charge on any atom is 0.224 e. The fourth-order valence-corrected chi connectivity index (χ4v) is 3.54. The molecule has 134 valence electrons. The van der Waals surface area contributed by atoms with Crippen molar-refractivity contribution in [1.29, 1.82) is 0 Å². The number of amides is 1. The monoisotopic (exact) mass is 355 g/mol. The molecule has 1 unspecified atom stereocenters. The molecule has 0 spiro atoms. The average Bonchev–Trinajstić information content (AvgIpc) is 2.72. The average molecular weight is 355 g/mol. The molecule has 2 N–H and O–H groups in total. The van der Waals surface area contributed by atoms with Gasteiger partial charge in [-0.3, -0.25) is 4.79 Å².